The molecule has 2 N–H and O–H groups in total. The molecule has 0 atom stereocenters. The molecule has 0 saturated carbocycles. The normalized spacial score (nSPS) is 11.8. The van der Waals surface area contributed by atoms with Gasteiger partial charge < -0.3 is 224 Å². The lowest BCUT2D eigenvalue weighted by atomic mass is 10.4. The molecule has 48 nitrogen and oxygen atoms in total. The van der Waals surface area contributed by atoms with Crippen molar-refractivity contribution in [2.45, 2.75) is 19.8 Å². The van der Waals surface area contributed by atoms with Crippen molar-refractivity contribution >= 4 is 5.91 Å². The lowest BCUT2D eigenvalue weighted by Gasteiger charge is -2.09. The standard InChI is InChI=1S/C96H193NO47/c1-2-96(99)97-4-3-6-100-8-10-102-12-14-104-16-18-106-20-22-108-24-26-110-28-30-112-32-34-114-36-38-116-40-42-118-44-46-120-48-50-122-52-54-124-56-58-126-60-62-128-64-66-130-68-70-132-72-74-134-76-78-136-80-82-138-84-86-140-88-90-142-92-94-144-95-93-143-91-89-141-87-85-139-83-81-137-79-77-135-75-73-133-71-69-131-67-65-129-63-61-127-59-57-125-55-53-123-51-49-121-47-45-119-43-41-117-39-37-115-35-33-113-31-29-111-27-25-109-23-21-107-19-17-105-15-13-103-11-9-101-7-5-98/h98H,2-95H2,1H3,(H,97,99). The highest BCUT2D eigenvalue weighted by Gasteiger charge is 2.07. The van der Waals surface area contributed by atoms with Gasteiger partial charge in [-0.1, -0.05) is 6.92 Å². The van der Waals surface area contributed by atoms with Crippen molar-refractivity contribution in [2.75, 3.05) is 608 Å². The lowest BCUT2D eigenvalue weighted by Crippen LogP contribution is -2.24. The second-order valence-corrected chi connectivity index (χ2v) is 29.3. The SMILES string of the molecule is CCC(=O)NCCCOCCOCCOCCOCCOCCOCCOCCOCCOCCOCCOCCOCCOCCOCCOCCOCCOCCOCCOCCOCCOCCOCCOCCOCCOCCOCCOCCOCCOCCOCCOCCOCCOCCOCCOCCOCCOCCOCCOCCOCCOCCOCCOCCOCCOCCO. The first-order chi connectivity index (χ1) is 71.8. The van der Waals surface area contributed by atoms with Gasteiger partial charge >= 0.3 is 0 Å². The summed E-state index contributed by atoms with van der Waals surface area (Å²) in [4.78, 5) is 11.2. The molecule has 0 radical (unpaired) electrons. The summed E-state index contributed by atoms with van der Waals surface area (Å²) in [6.45, 7) is 45.4. The van der Waals surface area contributed by atoms with E-state index in [0.717, 1.165) is 6.42 Å². The molecule has 0 aromatic carbocycles. The summed E-state index contributed by atoms with van der Waals surface area (Å²) in [5.74, 6) is 0.0555. The molecule has 0 unspecified atom stereocenters. The number of amides is 1. The third kappa shape index (κ3) is 138. The van der Waals surface area contributed by atoms with Crippen LogP contribution in [0.2, 0.25) is 0 Å². The van der Waals surface area contributed by atoms with Crippen LogP contribution in [0.3, 0.4) is 0 Å². The molecular weight excluding hydrogens is 1920 g/mol. The van der Waals surface area contributed by atoms with Gasteiger partial charge in [0.2, 0.25) is 5.91 Å². The van der Waals surface area contributed by atoms with E-state index in [4.69, 9.17) is 218 Å². The maximum atomic E-state index is 11.2. The Kier molecular flexibility index (Phi) is 136. The second-order valence-electron chi connectivity index (χ2n) is 29.3. The molecular formula is C96H193NO47. The summed E-state index contributed by atoms with van der Waals surface area (Å²) in [6, 6.07) is 0. The van der Waals surface area contributed by atoms with E-state index in [9.17, 15) is 4.79 Å². The maximum absolute atomic E-state index is 11.2. The van der Waals surface area contributed by atoms with E-state index in [1.165, 1.54) is 0 Å². The highest BCUT2D eigenvalue weighted by atomic mass is 16.7. The average molecular weight is 2110 g/mol. The molecule has 0 saturated heterocycles. The van der Waals surface area contributed by atoms with Crippen LogP contribution in [0.15, 0.2) is 0 Å². The van der Waals surface area contributed by atoms with Gasteiger partial charge in [0.25, 0.3) is 0 Å². The van der Waals surface area contributed by atoms with Gasteiger partial charge in [-0.15, -0.1) is 0 Å². The maximum Gasteiger partial charge on any atom is 0.219 e. The summed E-state index contributed by atoms with van der Waals surface area (Å²) in [5.41, 5.74) is 0. The molecule has 0 spiro atoms. The molecule has 48 heteroatoms. The fourth-order valence-electron chi connectivity index (χ4n) is 10.4. The fraction of sp³-hybridized carbons (Fsp3) is 0.990. The summed E-state index contributed by atoms with van der Waals surface area (Å²) in [5, 5.41) is 11.4. The van der Waals surface area contributed by atoms with Crippen molar-refractivity contribution in [3.05, 3.63) is 0 Å². The average Bonchev–Trinajstić information content (AvgIpc) is 1.07. The van der Waals surface area contributed by atoms with Crippen LogP contribution >= 0.6 is 0 Å². The van der Waals surface area contributed by atoms with Gasteiger partial charge in [0.15, 0.2) is 0 Å². The summed E-state index contributed by atoms with van der Waals surface area (Å²) in [6.07, 6.45) is 1.28. The first-order valence-electron chi connectivity index (χ1n) is 51.7. The zero-order valence-corrected chi connectivity index (χ0v) is 87.7. The minimum absolute atomic E-state index is 0.0140. The van der Waals surface area contributed by atoms with Crippen molar-refractivity contribution in [1.29, 1.82) is 0 Å². The number of hydrogen-bond acceptors (Lipinski definition) is 47. The van der Waals surface area contributed by atoms with Gasteiger partial charge in [0, 0.05) is 19.6 Å². The van der Waals surface area contributed by atoms with Gasteiger partial charge in [-0.2, -0.15) is 0 Å². The van der Waals surface area contributed by atoms with Gasteiger partial charge in [0.05, 0.1) is 595 Å². The van der Waals surface area contributed by atoms with Crippen molar-refractivity contribution in [2.24, 2.45) is 0 Å². The molecule has 0 aliphatic rings. The van der Waals surface area contributed by atoms with Crippen LogP contribution in [-0.2, 0) is 218 Å². The monoisotopic (exact) mass is 2110 g/mol. The van der Waals surface area contributed by atoms with Crippen molar-refractivity contribution < 1.29 is 223 Å². The van der Waals surface area contributed by atoms with E-state index in [2.05, 4.69) is 5.32 Å². The minimum Gasteiger partial charge on any atom is -0.394 e. The highest BCUT2D eigenvalue weighted by molar-refractivity contribution is 5.75. The molecule has 0 fully saturated rings. The van der Waals surface area contributed by atoms with Crippen LogP contribution in [0.4, 0.5) is 0 Å². The Hall–Kier alpha value is -2.37. The summed E-state index contributed by atoms with van der Waals surface area (Å²) < 4.78 is 248. The third-order valence-corrected chi connectivity index (χ3v) is 17.7. The second kappa shape index (κ2) is 139. The quantitative estimate of drug-likeness (QED) is 0.0789. The zero-order valence-electron chi connectivity index (χ0n) is 87.7. The Balaban J connectivity index is 3.11. The lowest BCUT2D eigenvalue weighted by molar-refractivity contribution is -0.120. The third-order valence-electron chi connectivity index (χ3n) is 17.7. The molecule has 1 amide bonds. The summed E-state index contributed by atoms with van der Waals surface area (Å²) >= 11 is 0. The van der Waals surface area contributed by atoms with Crippen LogP contribution in [-0.4, -0.2) is 619 Å². The van der Waals surface area contributed by atoms with Crippen molar-refractivity contribution in [1.82, 2.24) is 5.32 Å². The van der Waals surface area contributed by atoms with Gasteiger partial charge in [-0.3, -0.25) is 4.79 Å². The molecule has 0 heterocycles. The number of rotatable bonds is 139. The van der Waals surface area contributed by atoms with Crippen LogP contribution in [0, 0.1) is 0 Å². The van der Waals surface area contributed by atoms with Crippen LogP contribution < -0.4 is 5.32 Å². The number of ether oxygens (including phenoxy) is 45. The topological polar surface area (TPSA) is 465 Å². The first-order valence-corrected chi connectivity index (χ1v) is 51.7. The number of hydrogen-bond donors (Lipinski definition) is 2. The molecule has 144 heavy (non-hydrogen) atoms. The fourth-order valence-corrected chi connectivity index (χ4v) is 10.4. The Morgan fingerprint density at radius 1 is 0.125 bits per heavy atom. The molecule has 0 bridgehead atoms. The molecule has 0 aliphatic heterocycles. The van der Waals surface area contributed by atoms with Gasteiger partial charge in [-0.25, -0.2) is 0 Å². The molecule has 0 rings (SSSR count). The Bertz CT molecular complexity index is 2020. The predicted octanol–water partition coefficient (Wildman–Crippen LogP) is 0.642. The Labute approximate surface area is 858 Å². The number of carbonyl (C=O) groups excluding carboxylic acids is 1. The number of carbonyl (C=O) groups is 1. The molecule has 0 aliphatic carbocycles. The van der Waals surface area contributed by atoms with Crippen LogP contribution in [0.1, 0.15) is 19.8 Å². The van der Waals surface area contributed by atoms with E-state index in [1.54, 1.807) is 0 Å². The Morgan fingerprint density at radius 2 is 0.194 bits per heavy atom. The first kappa shape index (κ1) is 142. The van der Waals surface area contributed by atoms with E-state index in [0.29, 0.717) is 608 Å². The predicted molar refractivity (Wildman–Crippen MR) is 522 cm³/mol. The van der Waals surface area contributed by atoms with E-state index in [1.807, 2.05) is 6.92 Å². The summed E-state index contributed by atoms with van der Waals surface area (Å²) in [7, 11) is 0. The smallest absolute Gasteiger partial charge is 0.219 e. The number of nitrogens with one attached hydrogen (secondary N) is 1. The van der Waals surface area contributed by atoms with Crippen molar-refractivity contribution in [3.8, 4) is 0 Å². The minimum atomic E-state index is 0.0140. The van der Waals surface area contributed by atoms with E-state index < -0.39 is 0 Å². The van der Waals surface area contributed by atoms with Gasteiger partial charge in [0.1, 0.15) is 0 Å². The van der Waals surface area contributed by atoms with Gasteiger partial charge in [-0.05, 0) is 6.42 Å². The number of aliphatic hydroxyl groups excluding tert-OH is 1. The number of aliphatic hydroxyl groups is 1. The highest BCUT2D eigenvalue weighted by Crippen LogP contribution is 1.98. The largest absolute Gasteiger partial charge is 0.394 e. The van der Waals surface area contributed by atoms with Crippen LogP contribution in [0.25, 0.3) is 0 Å². The molecule has 0 aromatic rings. The molecule has 0 aromatic heterocycles. The van der Waals surface area contributed by atoms with Crippen LogP contribution in [0.5, 0.6) is 0 Å². The van der Waals surface area contributed by atoms with E-state index in [-0.39, 0.29) is 12.5 Å². The molecule has 864 valence electrons. The van der Waals surface area contributed by atoms with Crippen molar-refractivity contribution in [3.63, 3.8) is 0 Å². The Morgan fingerprint density at radius 3 is 0.264 bits per heavy atom. The zero-order chi connectivity index (χ0) is 103. The van der Waals surface area contributed by atoms with E-state index >= 15 is 0 Å².